The van der Waals surface area contributed by atoms with Crippen molar-refractivity contribution in [1.29, 1.82) is 0 Å². The monoisotopic (exact) mass is 248 g/mol. The van der Waals surface area contributed by atoms with Gasteiger partial charge in [-0.2, -0.15) is 0 Å². The van der Waals surface area contributed by atoms with Gasteiger partial charge in [0.15, 0.2) is 0 Å². The molecule has 0 fully saturated rings. The lowest BCUT2D eigenvalue weighted by molar-refractivity contribution is 0.210. The van der Waals surface area contributed by atoms with E-state index in [2.05, 4.69) is 19.2 Å². The number of nitrogens with zero attached hydrogens (tertiary/aromatic N) is 1. The van der Waals surface area contributed by atoms with E-state index in [1.165, 1.54) is 0 Å². The van der Waals surface area contributed by atoms with Crippen molar-refractivity contribution in [2.75, 3.05) is 18.4 Å². The van der Waals surface area contributed by atoms with Gasteiger partial charge in [-0.1, -0.05) is 44.9 Å². The maximum Gasteiger partial charge on any atom is 0.321 e. The largest absolute Gasteiger partial charge is 0.325 e. The van der Waals surface area contributed by atoms with Gasteiger partial charge in [0.2, 0.25) is 0 Å². The summed E-state index contributed by atoms with van der Waals surface area (Å²) in [6.45, 7) is 5.98. The first-order chi connectivity index (χ1) is 8.77. The predicted molar refractivity (Wildman–Crippen MR) is 76.8 cm³/mol. The molecule has 0 radical (unpaired) electrons. The van der Waals surface area contributed by atoms with Gasteiger partial charge < -0.3 is 10.2 Å². The van der Waals surface area contributed by atoms with Gasteiger partial charge in [0.1, 0.15) is 0 Å². The second kappa shape index (κ2) is 8.56. The van der Waals surface area contributed by atoms with E-state index >= 15 is 0 Å². The molecule has 2 amide bonds. The van der Waals surface area contributed by atoms with E-state index in [1.54, 1.807) is 0 Å². The topological polar surface area (TPSA) is 32.3 Å². The molecule has 0 spiro atoms. The maximum atomic E-state index is 12.1. The van der Waals surface area contributed by atoms with E-state index in [0.29, 0.717) is 0 Å². The summed E-state index contributed by atoms with van der Waals surface area (Å²) >= 11 is 0. The Morgan fingerprint density at radius 2 is 1.61 bits per heavy atom. The maximum absolute atomic E-state index is 12.1. The Hall–Kier alpha value is -1.51. The summed E-state index contributed by atoms with van der Waals surface area (Å²) < 4.78 is 0. The summed E-state index contributed by atoms with van der Waals surface area (Å²) in [6.07, 6.45) is 4.35. The molecule has 100 valence electrons. The van der Waals surface area contributed by atoms with E-state index in [9.17, 15) is 4.79 Å². The predicted octanol–water partition coefficient (Wildman–Crippen LogP) is 4.12. The average Bonchev–Trinajstić information content (AvgIpc) is 2.40. The molecule has 0 aromatic heterocycles. The van der Waals surface area contributed by atoms with Crippen molar-refractivity contribution in [3.05, 3.63) is 30.3 Å². The Bertz CT molecular complexity index is 330. The molecule has 0 unspecified atom stereocenters. The number of rotatable bonds is 7. The molecule has 1 N–H and O–H groups in total. The summed E-state index contributed by atoms with van der Waals surface area (Å²) in [4.78, 5) is 14.1. The van der Waals surface area contributed by atoms with E-state index in [4.69, 9.17) is 0 Å². The Morgan fingerprint density at radius 1 is 1.06 bits per heavy atom. The molecule has 3 heteroatoms. The van der Waals surface area contributed by atoms with Gasteiger partial charge in [0.25, 0.3) is 0 Å². The highest BCUT2D eigenvalue weighted by Gasteiger charge is 2.11. The lowest BCUT2D eigenvalue weighted by Crippen LogP contribution is -2.36. The average molecular weight is 248 g/mol. The Morgan fingerprint density at radius 3 is 2.11 bits per heavy atom. The summed E-state index contributed by atoms with van der Waals surface area (Å²) in [5.41, 5.74) is 0.862. The molecule has 1 aromatic rings. The van der Waals surface area contributed by atoms with Crippen LogP contribution in [-0.4, -0.2) is 24.0 Å². The molecule has 0 heterocycles. The molecule has 1 rings (SSSR count). The number of benzene rings is 1. The lowest BCUT2D eigenvalue weighted by atomic mass is 10.2. The zero-order valence-electron chi connectivity index (χ0n) is 11.5. The third kappa shape index (κ3) is 5.21. The van der Waals surface area contributed by atoms with Crippen molar-refractivity contribution in [3.8, 4) is 0 Å². The number of unbranched alkanes of at least 4 members (excludes halogenated alkanes) is 2. The molecular formula is C15H24N2O. The van der Waals surface area contributed by atoms with Gasteiger partial charge in [-0.25, -0.2) is 4.79 Å². The fourth-order valence-corrected chi connectivity index (χ4v) is 1.74. The van der Waals surface area contributed by atoms with Crippen molar-refractivity contribution >= 4 is 11.7 Å². The molecule has 3 nitrogen and oxygen atoms in total. The van der Waals surface area contributed by atoms with Crippen LogP contribution in [0.4, 0.5) is 10.5 Å². The minimum Gasteiger partial charge on any atom is -0.325 e. The number of carbonyl (C=O) groups excluding carboxylic acids is 1. The van der Waals surface area contributed by atoms with Gasteiger partial charge in [0, 0.05) is 18.8 Å². The molecule has 18 heavy (non-hydrogen) atoms. The lowest BCUT2D eigenvalue weighted by Gasteiger charge is -2.22. The van der Waals surface area contributed by atoms with Crippen LogP contribution in [0.2, 0.25) is 0 Å². The summed E-state index contributed by atoms with van der Waals surface area (Å²) in [6, 6.07) is 9.64. The van der Waals surface area contributed by atoms with Gasteiger partial charge in [-0.05, 0) is 25.0 Å². The first-order valence-corrected chi connectivity index (χ1v) is 6.89. The fraction of sp³-hybridized carbons (Fsp3) is 0.533. The van der Waals surface area contributed by atoms with E-state index in [1.807, 2.05) is 35.2 Å². The number of carbonyl (C=O) groups is 1. The van der Waals surface area contributed by atoms with Crippen LogP contribution >= 0.6 is 0 Å². The minimum atomic E-state index is 0.0168. The Labute approximate surface area is 110 Å². The number of para-hydroxylation sites is 1. The first kappa shape index (κ1) is 14.6. The third-order valence-corrected chi connectivity index (χ3v) is 2.88. The van der Waals surface area contributed by atoms with Gasteiger partial charge in [-0.15, -0.1) is 0 Å². The normalized spacial score (nSPS) is 10.1. The van der Waals surface area contributed by atoms with Crippen LogP contribution in [-0.2, 0) is 0 Å². The van der Waals surface area contributed by atoms with Gasteiger partial charge in [-0.3, -0.25) is 0 Å². The Kier molecular flexibility index (Phi) is 6.92. The molecule has 0 aliphatic carbocycles. The third-order valence-electron chi connectivity index (χ3n) is 2.88. The minimum absolute atomic E-state index is 0.0168. The van der Waals surface area contributed by atoms with E-state index < -0.39 is 0 Å². The number of hydrogen-bond donors (Lipinski definition) is 1. The molecule has 0 saturated carbocycles. The van der Waals surface area contributed by atoms with Crippen LogP contribution in [0.5, 0.6) is 0 Å². The summed E-state index contributed by atoms with van der Waals surface area (Å²) in [5, 5.41) is 2.95. The van der Waals surface area contributed by atoms with Crippen LogP contribution in [0.1, 0.15) is 39.5 Å². The van der Waals surface area contributed by atoms with E-state index in [0.717, 1.165) is 44.5 Å². The quantitative estimate of drug-likeness (QED) is 0.773. The Balaban J connectivity index is 2.52. The highest BCUT2D eigenvalue weighted by atomic mass is 16.2. The molecule has 0 bridgehead atoms. The number of anilines is 1. The van der Waals surface area contributed by atoms with Gasteiger partial charge in [0.05, 0.1) is 0 Å². The number of nitrogens with one attached hydrogen (secondary N) is 1. The molecule has 0 aliphatic heterocycles. The second-order valence-corrected chi connectivity index (χ2v) is 4.49. The van der Waals surface area contributed by atoms with Crippen molar-refractivity contribution in [2.45, 2.75) is 39.5 Å². The zero-order chi connectivity index (χ0) is 13.2. The SMILES string of the molecule is CCCCN(CCCC)C(=O)Nc1ccccc1. The van der Waals surface area contributed by atoms with Crippen molar-refractivity contribution in [2.24, 2.45) is 0 Å². The number of urea groups is 1. The van der Waals surface area contributed by atoms with Crippen LogP contribution in [0, 0.1) is 0 Å². The first-order valence-electron chi connectivity index (χ1n) is 6.89. The van der Waals surface area contributed by atoms with Crippen LogP contribution in [0.3, 0.4) is 0 Å². The number of hydrogen-bond acceptors (Lipinski definition) is 1. The van der Waals surface area contributed by atoms with Crippen LogP contribution < -0.4 is 5.32 Å². The second-order valence-electron chi connectivity index (χ2n) is 4.49. The molecule has 0 saturated heterocycles. The highest BCUT2D eigenvalue weighted by Crippen LogP contribution is 2.08. The molecule has 0 atom stereocenters. The zero-order valence-corrected chi connectivity index (χ0v) is 11.5. The molecule has 1 aromatic carbocycles. The van der Waals surface area contributed by atoms with Crippen molar-refractivity contribution < 1.29 is 4.79 Å². The van der Waals surface area contributed by atoms with Crippen LogP contribution in [0.15, 0.2) is 30.3 Å². The highest BCUT2D eigenvalue weighted by molar-refractivity contribution is 5.89. The standard InChI is InChI=1S/C15H24N2O/c1-3-5-12-17(13-6-4-2)15(18)16-14-10-8-7-9-11-14/h7-11H,3-6,12-13H2,1-2H3,(H,16,18). The van der Waals surface area contributed by atoms with Crippen molar-refractivity contribution in [1.82, 2.24) is 4.90 Å². The van der Waals surface area contributed by atoms with Gasteiger partial charge >= 0.3 is 6.03 Å². The van der Waals surface area contributed by atoms with Crippen molar-refractivity contribution in [3.63, 3.8) is 0 Å². The fourth-order valence-electron chi connectivity index (χ4n) is 1.74. The molecule has 0 aliphatic rings. The smallest absolute Gasteiger partial charge is 0.321 e. The van der Waals surface area contributed by atoms with Crippen LogP contribution in [0.25, 0.3) is 0 Å². The number of amides is 2. The molecular weight excluding hydrogens is 224 g/mol. The summed E-state index contributed by atoms with van der Waals surface area (Å²) in [5.74, 6) is 0. The summed E-state index contributed by atoms with van der Waals surface area (Å²) in [7, 11) is 0. The van der Waals surface area contributed by atoms with E-state index in [-0.39, 0.29) is 6.03 Å².